The van der Waals surface area contributed by atoms with E-state index in [0.29, 0.717) is 25.7 Å². The SMILES string of the molecule is CCC(C)CCCCCCCCCCCCCCCCCCCCC(=O)O[C@H](COC(=O)CCCCCCCCCCCCCCCCCCC(C)C)COP(=O)(O)OC[C@@H](O)COP(=O)(O)OC[C@@H](COC(=O)CCCCCCCCC(C)CC)OC(=O)CCCCCCCCC(C)CC. The van der Waals surface area contributed by atoms with E-state index in [2.05, 4.69) is 55.4 Å². The van der Waals surface area contributed by atoms with Crippen molar-refractivity contribution >= 4 is 39.5 Å². The summed E-state index contributed by atoms with van der Waals surface area (Å²) in [6, 6.07) is 0. The molecule has 0 aromatic heterocycles. The number of hydrogen-bond donors (Lipinski definition) is 3. The predicted molar refractivity (Wildman–Crippen MR) is 414 cm³/mol. The summed E-state index contributed by atoms with van der Waals surface area (Å²) in [4.78, 5) is 73.0. The first-order valence-corrected chi connectivity index (χ1v) is 45.3. The molecule has 0 saturated carbocycles. The lowest BCUT2D eigenvalue weighted by Gasteiger charge is -2.21. The number of rotatable bonds is 79. The summed E-state index contributed by atoms with van der Waals surface area (Å²) < 4.78 is 68.7. The fraction of sp³-hybridized carbons (Fsp3) is 0.951. The molecule has 5 unspecified atom stereocenters. The summed E-state index contributed by atoms with van der Waals surface area (Å²) in [5.74, 6) is 1.02. The third-order valence-corrected chi connectivity index (χ3v) is 22.1. The van der Waals surface area contributed by atoms with Gasteiger partial charge in [0.1, 0.15) is 19.3 Å². The minimum absolute atomic E-state index is 0.102. The molecular formula is C82H160O17P2. The lowest BCUT2D eigenvalue weighted by Crippen LogP contribution is -2.30. The molecule has 0 aliphatic heterocycles. The number of aliphatic hydroxyl groups is 1. The molecule has 8 atom stereocenters. The molecule has 3 N–H and O–H groups in total. The quantitative estimate of drug-likeness (QED) is 0.0222. The Morgan fingerprint density at radius 3 is 0.703 bits per heavy atom. The van der Waals surface area contributed by atoms with Gasteiger partial charge in [-0.25, -0.2) is 9.13 Å². The zero-order valence-electron chi connectivity index (χ0n) is 66.5. The summed E-state index contributed by atoms with van der Waals surface area (Å²) in [6.07, 6.45) is 58.5. The number of unbranched alkanes of at least 4 members (excludes halogenated alkanes) is 42. The Balaban J connectivity index is 5.20. The minimum Gasteiger partial charge on any atom is -0.462 e. The van der Waals surface area contributed by atoms with Crippen LogP contribution in [0.2, 0.25) is 0 Å². The topological polar surface area (TPSA) is 237 Å². The van der Waals surface area contributed by atoms with E-state index in [4.69, 9.17) is 37.0 Å². The number of aliphatic hydroxyl groups excluding tert-OH is 1. The van der Waals surface area contributed by atoms with Crippen molar-refractivity contribution in [3.05, 3.63) is 0 Å². The number of phosphoric acid groups is 2. The molecule has 0 saturated heterocycles. The number of carbonyl (C=O) groups is 4. The first-order valence-electron chi connectivity index (χ1n) is 42.3. The lowest BCUT2D eigenvalue weighted by atomic mass is 9.99. The molecule has 0 bridgehead atoms. The van der Waals surface area contributed by atoms with E-state index < -0.39 is 97.5 Å². The van der Waals surface area contributed by atoms with Crippen LogP contribution in [0.1, 0.15) is 421 Å². The third kappa shape index (κ3) is 72.1. The minimum atomic E-state index is -4.96. The molecule has 0 rings (SSSR count). The molecule has 0 aliphatic rings. The van der Waals surface area contributed by atoms with Crippen molar-refractivity contribution in [3.8, 4) is 0 Å². The van der Waals surface area contributed by atoms with E-state index in [1.807, 2.05) is 0 Å². The average molecular weight is 1480 g/mol. The summed E-state index contributed by atoms with van der Waals surface area (Å²) in [6.45, 7) is 14.2. The van der Waals surface area contributed by atoms with Crippen molar-refractivity contribution in [2.45, 2.75) is 440 Å². The van der Waals surface area contributed by atoms with Crippen molar-refractivity contribution in [3.63, 3.8) is 0 Å². The normalized spacial score (nSPS) is 14.8. The van der Waals surface area contributed by atoms with Crippen LogP contribution < -0.4 is 0 Å². The van der Waals surface area contributed by atoms with E-state index in [0.717, 1.165) is 120 Å². The summed E-state index contributed by atoms with van der Waals surface area (Å²) in [5.41, 5.74) is 0. The second-order valence-electron chi connectivity index (χ2n) is 30.7. The van der Waals surface area contributed by atoms with Crippen LogP contribution in [-0.4, -0.2) is 96.7 Å². The molecule has 0 spiro atoms. The lowest BCUT2D eigenvalue weighted by molar-refractivity contribution is -0.161. The average Bonchev–Trinajstić information content (AvgIpc) is 0.921. The highest BCUT2D eigenvalue weighted by Crippen LogP contribution is 2.45. The molecule has 0 radical (unpaired) electrons. The number of carbonyl (C=O) groups excluding carboxylic acids is 4. The zero-order valence-corrected chi connectivity index (χ0v) is 68.3. The number of esters is 4. The maximum Gasteiger partial charge on any atom is 0.472 e. The molecule has 101 heavy (non-hydrogen) atoms. The molecule has 600 valence electrons. The molecule has 17 nitrogen and oxygen atoms in total. The molecule has 0 heterocycles. The standard InChI is InChI=1S/C82H160O17P2/c1-9-73(6)59-51-43-35-31-27-23-19-14-12-13-15-21-25-29-33-37-48-56-64-81(86)98-77(68-92-79(84)62-54-46-36-32-28-24-20-17-16-18-22-26-30-34-42-50-58-72(4)5)70-96-100(88,89)94-66-76(83)67-95-101(90,91)97-71-78(99-82(87)65-57-49-41-39-45-53-61-75(8)11-3)69-93-80(85)63-55-47-40-38-44-52-60-74(7)10-2/h72-78,83H,9-71H2,1-8H3,(H,88,89)(H,90,91)/t73?,74?,75?,76-,77-,78-/m1/s1. The van der Waals surface area contributed by atoms with Gasteiger partial charge in [0.15, 0.2) is 12.2 Å². The number of ether oxygens (including phenoxy) is 4. The Bertz CT molecular complexity index is 1980. The molecule has 0 amide bonds. The first kappa shape index (κ1) is 99.1. The maximum atomic E-state index is 13.1. The van der Waals surface area contributed by atoms with E-state index in [1.54, 1.807) is 0 Å². The van der Waals surface area contributed by atoms with Gasteiger partial charge in [-0.3, -0.25) is 37.3 Å². The highest BCUT2D eigenvalue weighted by molar-refractivity contribution is 7.47. The van der Waals surface area contributed by atoms with Gasteiger partial charge in [-0.05, 0) is 49.4 Å². The number of phosphoric ester groups is 2. The predicted octanol–water partition coefficient (Wildman–Crippen LogP) is 24.4. The van der Waals surface area contributed by atoms with Crippen LogP contribution in [-0.2, 0) is 65.4 Å². The molecule has 0 fully saturated rings. The Morgan fingerprint density at radius 1 is 0.277 bits per heavy atom. The van der Waals surface area contributed by atoms with Gasteiger partial charge in [0.2, 0.25) is 0 Å². The van der Waals surface area contributed by atoms with Crippen molar-refractivity contribution in [1.29, 1.82) is 0 Å². The monoisotopic (exact) mass is 1480 g/mol. The highest BCUT2D eigenvalue weighted by atomic mass is 31.2. The number of hydrogen-bond acceptors (Lipinski definition) is 15. The Morgan fingerprint density at radius 2 is 0.475 bits per heavy atom. The van der Waals surface area contributed by atoms with E-state index in [9.17, 15) is 43.2 Å². The van der Waals surface area contributed by atoms with Crippen LogP contribution in [0.4, 0.5) is 0 Å². The molecule has 19 heteroatoms. The zero-order chi connectivity index (χ0) is 74.6. The van der Waals surface area contributed by atoms with E-state index in [-0.39, 0.29) is 25.7 Å². The second-order valence-corrected chi connectivity index (χ2v) is 33.6. The molecule has 0 aromatic carbocycles. The molecule has 0 aliphatic carbocycles. The summed E-state index contributed by atoms with van der Waals surface area (Å²) >= 11 is 0. The van der Waals surface area contributed by atoms with Gasteiger partial charge in [0.05, 0.1) is 26.4 Å². The van der Waals surface area contributed by atoms with E-state index in [1.165, 1.54) is 218 Å². The van der Waals surface area contributed by atoms with Crippen molar-refractivity contribution < 1.29 is 80.2 Å². The Hall–Kier alpha value is -1.94. The van der Waals surface area contributed by atoms with Gasteiger partial charge in [-0.15, -0.1) is 0 Å². The fourth-order valence-corrected chi connectivity index (χ4v) is 14.1. The third-order valence-electron chi connectivity index (χ3n) is 20.2. The van der Waals surface area contributed by atoms with Crippen LogP contribution in [0.3, 0.4) is 0 Å². The molecule has 0 aromatic rings. The van der Waals surface area contributed by atoms with Gasteiger partial charge in [-0.2, -0.15) is 0 Å². The van der Waals surface area contributed by atoms with Gasteiger partial charge in [-0.1, -0.05) is 370 Å². The smallest absolute Gasteiger partial charge is 0.462 e. The summed E-state index contributed by atoms with van der Waals surface area (Å²) in [7, 11) is -9.92. The van der Waals surface area contributed by atoms with Gasteiger partial charge in [0.25, 0.3) is 0 Å². The largest absolute Gasteiger partial charge is 0.472 e. The van der Waals surface area contributed by atoms with E-state index >= 15 is 0 Å². The van der Waals surface area contributed by atoms with Crippen molar-refractivity contribution in [1.82, 2.24) is 0 Å². The van der Waals surface area contributed by atoms with Crippen LogP contribution in [0.15, 0.2) is 0 Å². The second kappa shape index (κ2) is 71.0. The van der Waals surface area contributed by atoms with Gasteiger partial charge in [0, 0.05) is 25.7 Å². The van der Waals surface area contributed by atoms with Crippen LogP contribution in [0, 0.1) is 23.7 Å². The molecular weight excluding hydrogens is 1320 g/mol. The fourth-order valence-electron chi connectivity index (χ4n) is 12.5. The van der Waals surface area contributed by atoms with Gasteiger partial charge < -0.3 is 33.8 Å². The first-order chi connectivity index (χ1) is 48.7. The Labute approximate surface area is 619 Å². The summed E-state index contributed by atoms with van der Waals surface area (Å²) in [5, 5.41) is 10.6. The van der Waals surface area contributed by atoms with Crippen LogP contribution in [0.5, 0.6) is 0 Å². The van der Waals surface area contributed by atoms with Crippen molar-refractivity contribution in [2.75, 3.05) is 39.6 Å². The Kier molecular flexibility index (Phi) is 69.6. The van der Waals surface area contributed by atoms with Crippen LogP contribution in [0.25, 0.3) is 0 Å². The van der Waals surface area contributed by atoms with Crippen molar-refractivity contribution in [2.24, 2.45) is 23.7 Å². The highest BCUT2D eigenvalue weighted by Gasteiger charge is 2.30. The van der Waals surface area contributed by atoms with Gasteiger partial charge >= 0.3 is 39.5 Å². The van der Waals surface area contributed by atoms with Crippen LogP contribution >= 0.6 is 15.6 Å². The maximum absolute atomic E-state index is 13.1.